The number of aliphatic imine (C=N–C) groups is 1. The minimum absolute atomic E-state index is 0. The molecule has 7 nitrogen and oxygen atoms in total. The molecule has 2 N–H and O–H groups in total. The van der Waals surface area contributed by atoms with Gasteiger partial charge in [0.2, 0.25) is 0 Å². The molecular formula is C20H34IN5O2. The Labute approximate surface area is 185 Å². The third-order valence-electron chi connectivity index (χ3n) is 5.17. The topological polar surface area (TPSA) is 71.0 Å². The minimum Gasteiger partial charge on any atom is -0.381 e. The van der Waals surface area contributed by atoms with E-state index in [-0.39, 0.29) is 24.0 Å². The Hall–Kier alpha value is -1.13. The second-order valence-electron chi connectivity index (χ2n) is 7.13. The van der Waals surface area contributed by atoms with E-state index in [9.17, 15) is 0 Å². The molecule has 0 aliphatic carbocycles. The van der Waals surface area contributed by atoms with E-state index in [0.717, 1.165) is 83.3 Å². The zero-order valence-electron chi connectivity index (χ0n) is 16.8. The highest BCUT2D eigenvalue weighted by molar-refractivity contribution is 14.0. The smallest absolute Gasteiger partial charge is 0.191 e. The fourth-order valence-corrected chi connectivity index (χ4v) is 3.55. The lowest BCUT2D eigenvalue weighted by molar-refractivity contribution is -0.0320. The van der Waals surface area contributed by atoms with Crippen LogP contribution in [0.15, 0.2) is 29.4 Å². The quantitative estimate of drug-likeness (QED) is 0.258. The van der Waals surface area contributed by atoms with E-state index in [1.54, 1.807) is 0 Å². The fourth-order valence-electron chi connectivity index (χ4n) is 3.55. The van der Waals surface area contributed by atoms with Crippen molar-refractivity contribution in [3.8, 4) is 0 Å². The monoisotopic (exact) mass is 503 g/mol. The summed E-state index contributed by atoms with van der Waals surface area (Å²) >= 11 is 0. The molecule has 1 aromatic rings. The normalized spacial score (nSPS) is 19.2. The van der Waals surface area contributed by atoms with Crippen molar-refractivity contribution >= 4 is 35.8 Å². The number of rotatable bonds is 7. The van der Waals surface area contributed by atoms with Crippen molar-refractivity contribution < 1.29 is 9.47 Å². The Morgan fingerprint density at radius 3 is 2.71 bits per heavy atom. The summed E-state index contributed by atoms with van der Waals surface area (Å²) in [5.41, 5.74) is 0. The van der Waals surface area contributed by atoms with Gasteiger partial charge in [-0.05, 0) is 44.2 Å². The van der Waals surface area contributed by atoms with E-state index in [2.05, 4.69) is 31.6 Å². The van der Waals surface area contributed by atoms with Crippen molar-refractivity contribution in [3.05, 3.63) is 24.4 Å². The summed E-state index contributed by atoms with van der Waals surface area (Å²) in [6.07, 6.45) is 7.43. The molecule has 28 heavy (non-hydrogen) atoms. The summed E-state index contributed by atoms with van der Waals surface area (Å²) in [6.45, 7) is 5.36. The van der Waals surface area contributed by atoms with Crippen LogP contribution in [-0.2, 0) is 9.47 Å². The van der Waals surface area contributed by atoms with Gasteiger partial charge in [-0.25, -0.2) is 4.98 Å². The number of piperidine rings is 1. The number of ether oxygens (including phenoxy) is 2. The molecule has 158 valence electrons. The Morgan fingerprint density at radius 1 is 1.25 bits per heavy atom. The predicted octanol–water partition coefficient (Wildman–Crippen LogP) is 2.42. The van der Waals surface area contributed by atoms with Crippen LogP contribution in [0.25, 0.3) is 0 Å². The molecule has 8 heteroatoms. The number of aromatic nitrogens is 1. The van der Waals surface area contributed by atoms with Gasteiger partial charge in [-0.1, -0.05) is 6.07 Å². The largest absolute Gasteiger partial charge is 0.381 e. The van der Waals surface area contributed by atoms with Crippen molar-refractivity contribution in [2.45, 2.75) is 44.2 Å². The maximum absolute atomic E-state index is 5.91. The molecule has 2 aliphatic heterocycles. The van der Waals surface area contributed by atoms with Crippen LogP contribution in [-0.4, -0.2) is 69.6 Å². The molecule has 0 radical (unpaired) electrons. The van der Waals surface area contributed by atoms with Crippen molar-refractivity contribution in [1.29, 1.82) is 0 Å². The first-order chi connectivity index (χ1) is 13.3. The number of nitrogens with one attached hydrogen (secondary N) is 2. The first-order valence-corrected chi connectivity index (χ1v) is 10.2. The first-order valence-electron chi connectivity index (χ1n) is 10.2. The van der Waals surface area contributed by atoms with Crippen LogP contribution in [0.4, 0.5) is 5.82 Å². The average Bonchev–Trinajstić information content (AvgIpc) is 2.74. The second kappa shape index (κ2) is 13.2. The van der Waals surface area contributed by atoms with Crippen molar-refractivity contribution in [2.24, 2.45) is 4.99 Å². The van der Waals surface area contributed by atoms with E-state index in [1.165, 1.54) is 0 Å². The zero-order chi connectivity index (χ0) is 18.7. The summed E-state index contributed by atoms with van der Waals surface area (Å²) in [5.74, 6) is 1.96. The molecule has 2 saturated heterocycles. The average molecular weight is 503 g/mol. The number of pyridine rings is 1. The summed E-state index contributed by atoms with van der Waals surface area (Å²) in [5, 5.41) is 6.96. The second-order valence-corrected chi connectivity index (χ2v) is 7.13. The van der Waals surface area contributed by atoms with Gasteiger partial charge in [0, 0.05) is 58.7 Å². The molecule has 1 aromatic heterocycles. The molecule has 3 rings (SSSR count). The molecule has 0 atom stereocenters. The molecule has 0 saturated carbocycles. The highest BCUT2D eigenvalue weighted by Gasteiger charge is 2.20. The Morgan fingerprint density at radius 2 is 2.04 bits per heavy atom. The van der Waals surface area contributed by atoms with Gasteiger partial charge in [0.25, 0.3) is 0 Å². The van der Waals surface area contributed by atoms with Crippen molar-refractivity contribution in [1.82, 2.24) is 15.6 Å². The van der Waals surface area contributed by atoms with Gasteiger partial charge in [0.15, 0.2) is 5.96 Å². The third kappa shape index (κ3) is 7.71. The lowest BCUT2D eigenvalue weighted by Crippen LogP contribution is -2.49. The summed E-state index contributed by atoms with van der Waals surface area (Å²) in [7, 11) is 1.83. The molecule has 0 spiro atoms. The lowest BCUT2D eigenvalue weighted by Gasteiger charge is -2.33. The van der Waals surface area contributed by atoms with E-state index < -0.39 is 0 Å². The van der Waals surface area contributed by atoms with Crippen molar-refractivity contribution in [2.75, 3.05) is 51.4 Å². The summed E-state index contributed by atoms with van der Waals surface area (Å²) < 4.78 is 11.3. The molecular weight excluding hydrogens is 469 g/mol. The highest BCUT2D eigenvalue weighted by atomic mass is 127. The Balaban J connectivity index is 0.00000280. The van der Waals surface area contributed by atoms with Crippen LogP contribution in [0.3, 0.4) is 0 Å². The molecule has 2 aliphatic rings. The highest BCUT2D eigenvalue weighted by Crippen LogP contribution is 2.17. The van der Waals surface area contributed by atoms with E-state index in [0.29, 0.717) is 12.1 Å². The number of hydrogen-bond donors (Lipinski definition) is 2. The van der Waals surface area contributed by atoms with Crippen LogP contribution >= 0.6 is 24.0 Å². The van der Waals surface area contributed by atoms with Gasteiger partial charge < -0.3 is 25.0 Å². The predicted molar refractivity (Wildman–Crippen MR) is 124 cm³/mol. The van der Waals surface area contributed by atoms with Gasteiger partial charge in [-0.2, -0.15) is 0 Å². The molecule has 0 aromatic carbocycles. The standard InChI is InChI=1S/C20H33N5O2.HI/c1-21-20(23-11-4-14-27-18-8-15-26-16-9-18)24-17-6-12-25(13-7-17)19-5-2-3-10-22-19;/h2-3,5,10,17-18H,4,6-9,11-16H2,1H3,(H2,21,23,24);1H. The maximum atomic E-state index is 5.91. The van der Waals surface area contributed by atoms with Crippen LogP contribution in [0.2, 0.25) is 0 Å². The van der Waals surface area contributed by atoms with Gasteiger partial charge in [0.1, 0.15) is 5.82 Å². The molecule has 2 fully saturated rings. The van der Waals surface area contributed by atoms with Gasteiger partial charge in [0.05, 0.1) is 6.10 Å². The number of nitrogens with zero attached hydrogens (tertiary/aromatic N) is 3. The summed E-state index contributed by atoms with van der Waals surface area (Å²) in [4.78, 5) is 11.2. The van der Waals surface area contributed by atoms with Crippen molar-refractivity contribution in [3.63, 3.8) is 0 Å². The van der Waals surface area contributed by atoms with E-state index in [4.69, 9.17) is 9.47 Å². The third-order valence-corrected chi connectivity index (χ3v) is 5.17. The van der Waals surface area contributed by atoms with Crippen LogP contribution < -0.4 is 15.5 Å². The zero-order valence-corrected chi connectivity index (χ0v) is 19.1. The number of halogens is 1. The maximum Gasteiger partial charge on any atom is 0.191 e. The SMILES string of the molecule is CN=C(NCCCOC1CCOCC1)NC1CCN(c2ccccn2)CC1.I. The number of anilines is 1. The fraction of sp³-hybridized carbons (Fsp3) is 0.700. The Bertz CT molecular complexity index is 561. The Kier molecular flexibility index (Phi) is 10.9. The number of hydrogen-bond acceptors (Lipinski definition) is 5. The van der Waals surface area contributed by atoms with E-state index in [1.807, 2.05) is 25.4 Å². The van der Waals surface area contributed by atoms with Crippen LogP contribution in [0.1, 0.15) is 32.1 Å². The van der Waals surface area contributed by atoms with Gasteiger partial charge in [-0.15, -0.1) is 24.0 Å². The number of guanidine groups is 1. The minimum atomic E-state index is 0. The molecule has 0 bridgehead atoms. The van der Waals surface area contributed by atoms with Gasteiger partial charge >= 0.3 is 0 Å². The summed E-state index contributed by atoms with van der Waals surface area (Å²) in [6, 6.07) is 6.54. The van der Waals surface area contributed by atoms with Crippen LogP contribution in [0, 0.1) is 0 Å². The van der Waals surface area contributed by atoms with Gasteiger partial charge in [-0.3, -0.25) is 4.99 Å². The first kappa shape index (κ1) is 23.2. The van der Waals surface area contributed by atoms with E-state index >= 15 is 0 Å². The van der Waals surface area contributed by atoms with Crippen LogP contribution in [0.5, 0.6) is 0 Å². The molecule has 3 heterocycles. The molecule has 0 unspecified atom stereocenters. The molecule has 0 amide bonds. The lowest BCUT2D eigenvalue weighted by atomic mass is 10.1.